The highest BCUT2D eigenvalue weighted by Crippen LogP contribution is 2.15. The van der Waals surface area contributed by atoms with Crippen LogP contribution in [-0.2, 0) is 11.3 Å². The number of rotatable bonds is 4. The van der Waals surface area contributed by atoms with Crippen LogP contribution in [0.3, 0.4) is 0 Å². The minimum Gasteiger partial charge on any atom is -0.397 e. The Hall–Kier alpha value is -3.87. The van der Waals surface area contributed by atoms with E-state index in [1.165, 1.54) is 0 Å². The number of nitrogen functional groups attached to an aromatic ring is 1. The number of amides is 1. The Morgan fingerprint density at radius 3 is 2.72 bits per heavy atom. The minimum atomic E-state index is -0.200. The molecule has 32 heavy (non-hydrogen) atoms. The molecule has 0 bridgehead atoms. The molecule has 3 rings (SSSR count). The number of hydrogen-bond donors (Lipinski definition) is 3. The van der Waals surface area contributed by atoms with Crippen molar-refractivity contribution in [1.82, 2.24) is 10.2 Å². The van der Waals surface area contributed by atoms with Crippen molar-refractivity contribution in [2.45, 2.75) is 19.9 Å². The number of nitrogens with two attached hydrogens (primary N) is 1. The number of guanidine groups is 1. The van der Waals surface area contributed by atoms with E-state index >= 15 is 0 Å². The van der Waals surface area contributed by atoms with Crippen LogP contribution in [0.4, 0.5) is 15.8 Å². The van der Waals surface area contributed by atoms with Crippen molar-refractivity contribution in [2.24, 2.45) is 4.99 Å². The SMILES string of the molecule is C=C1/C=C\C/C=C\CN=C(NCc2ccc(C)cc2F)N1C.Nc1ccccc1NC=O. The molecule has 0 saturated heterocycles. The van der Waals surface area contributed by atoms with Crippen molar-refractivity contribution >= 4 is 23.7 Å². The Morgan fingerprint density at radius 1 is 1.22 bits per heavy atom. The molecule has 0 spiro atoms. The molecule has 1 heterocycles. The highest BCUT2D eigenvalue weighted by Gasteiger charge is 2.10. The number of carbonyl (C=O) groups excluding carboxylic acids is 1. The van der Waals surface area contributed by atoms with Gasteiger partial charge in [0.2, 0.25) is 6.41 Å². The van der Waals surface area contributed by atoms with Gasteiger partial charge in [-0.05, 0) is 43.2 Å². The predicted octanol–water partition coefficient (Wildman–Crippen LogP) is 4.38. The van der Waals surface area contributed by atoms with Gasteiger partial charge in [0.05, 0.1) is 17.9 Å². The number of aryl methyl sites for hydroxylation is 1. The van der Waals surface area contributed by atoms with Gasteiger partial charge in [0.15, 0.2) is 5.96 Å². The molecule has 0 atom stereocenters. The number of nitrogens with zero attached hydrogens (tertiary/aromatic N) is 2. The van der Waals surface area contributed by atoms with Gasteiger partial charge in [0.1, 0.15) is 5.82 Å². The third kappa shape index (κ3) is 7.75. The molecule has 0 saturated carbocycles. The summed E-state index contributed by atoms with van der Waals surface area (Å²) in [4.78, 5) is 16.3. The van der Waals surface area contributed by atoms with Crippen molar-refractivity contribution in [3.05, 3.63) is 96.0 Å². The Balaban J connectivity index is 0.000000303. The third-order valence-electron chi connectivity index (χ3n) is 4.66. The lowest BCUT2D eigenvalue weighted by atomic mass is 10.1. The van der Waals surface area contributed by atoms with Gasteiger partial charge < -0.3 is 21.3 Å². The second-order valence-electron chi connectivity index (χ2n) is 7.12. The van der Waals surface area contributed by atoms with E-state index in [0.717, 1.165) is 17.7 Å². The maximum atomic E-state index is 13.9. The fourth-order valence-electron chi connectivity index (χ4n) is 2.78. The summed E-state index contributed by atoms with van der Waals surface area (Å²) >= 11 is 0. The topological polar surface area (TPSA) is 82.8 Å². The molecule has 2 aromatic rings. The number of likely N-dealkylation sites (N-methyl/N-ethyl adjacent to an activating group) is 1. The number of benzene rings is 2. The summed E-state index contributed by atoms with van der Waals surface area (Å²) in [5, 5.41) is 5.67. The first-order chi connectivity index (χ1) is 15.4. The monoisotopic (exact) mass is 435 g/mol. The maximum Gasteiger partial charge on any atom is 0.211 e. The smallest absolute Gasteiger partial charge is 0.211 e. The third-order valence-corrected chi connectivity index (χ3v) is 4.66. The van der Waals surface area contributed by atoms with Gasteiger partial charge in [0.25, 0.3) is 0 Å². The maximum absolute atomic E-state index is 13.9. The Kier molecular flexibility index (Phi) is 9.71. The van der Waals surface area contributed by atoms with Gasteiger partial charge in [-0.2, -0.15) is 0 Å². The molecule has 0 unspecified atom stereocenters. The number of hydrogen-bond acceptors (Lipinski definition) is 5. The average molecular weight is 436 g/mol. The number of carbonyl (C=O) groups is 1. The molecule has 7 heteroatoms. The molecule has 168 valence electrons. The molecule has 0 fully saturated rings. The second-order valence-corrected chi connectivity index (χ2v) is 7.12. The number of anilines is 2. The average Bonchev–Trinajstić information content (AvgIpc) is 2.77. The predicted molar refractivity (Wildman–Crippen MR) is 131 cm³/mol. The molecule has 2 aromatic carbocycles. The molecule has 0 aromatic heterocycles. The van der Waals surface area contributed by atoms with Crippen molar-refractivity contribution < 1.29 is 9.18 Å². The number of aliphatic imine (C=N–C) groups is 1. The summed E-state index contributed by atoms with van der Waals surface area (Å²) in [6.07, 6.45) is 9.57. The molecule has 6 nitrogen and oxygen atoms in total. The molecular formula is C25H30FN5O. The van der Waals surface area contributed by atoms with Crippen molar-refractivity contribution in [3.63, 3.8) is 0 Å². The van der Waals surface area contributed by atoms with Crippen LogP contribution in [0.25, 0.3) is 0 Å². The number of halogens is 1. The van der Waals surface area contributed by atoms with Crippen LogP contribution in [0, 0.1) is 12.7 Å². The lowest BCUT2D eigenvalue weighted by Gasteiger charge is -2.23. The Labute approximate surface area is 189 Å². The molecule has 1 aliphatic rings. The Morgan fingerprint density at radius 2 is 2.00 bits per heavy atom. The Bertz CT molecular complexity index is 1010. The van der Waals surface area contributed by atoms with Gasteiger partial charge in [-0.15, -0.1) is 0 Å². The summed E-state index contributed by atoms with van der Waals surface area (Å²) in [5.74, 6) is 0.482. The van der Waals surface area contributed by atoms with E-state index in [0.29, 0.717) is 42.4 Å². The molecule has 1 aliphatic heterocycles. The summed E-state index contributed by atoms with van der Waals surface area (Å²) in [7, 11) is 1.90. The largest absolute Gasteiger partial charge is 0.397 e. The highest BCUT2D eigenvalue weighted by atomic mass is 19.1. The fourth-order valence-corrected chi connectivity index (χ4v) is 2.78. The lowest BCUT2D eigenvalue weighted by Crippen LogP contribution is -2.37. The van der Waals surface area contributed by atoms with Crippen LogP contribution in [0.2, 0.25) is 0 Å². The standard InChI is InChI=1S/C18H22FN3.C7H8N2O/c1-14-9-10-16(17(19)12-14)13-21-18-20-11-7-5-4-6-8-15(2)22(18)3;8-6-3-1-2-4-7(6)9-5-10/h5-10,12H,2,4,11,13H2,1,3H3,(H,20,21);1-5H,8H2,(H,9,10)/b7-5-,8-6-;. The fraction of sp³-hybridized carbons (Fsp3) is 0.200. The second kappa shape index (κ2) is 12.7. The van der Waals surface area contributed by atoms with Gasteiger partial charge >= 0.3 is 0 Å². The van der Waals surface area contributed by atoms with Crippen molar-refractivity contribution in [1.29, 1.82) is 0 Å². The minimum absolute atomic E-state index is 0.200. The van der Waals surface area contributed by atoms with E-state index < -0.39 is 0 Å². The van der Waals surface area contributed by atoms with Crippen molar-refractivity contribution in [3.8, 4) is 0 Å². The van der Waals surface area contributed by atoms with Gasteiger partial charge in [-0.1, -0.05) is 49.1 Å². The zero-order valence-electron chi connectivity index (χ0n) is 18.5. The summed E-state index contributed by atoms with van der Waals surface area (Å²) in [5.41, 5.74) is 9.09. The van der Waals surface area contributed by atoms with Crippen LogP contribution in [0.1, 0.15) is 17.5 Å². The number of allylic oxidation sites excluding steroid dienone is 3. The molecule has 0 radical (unpaired) electrons. The van der Waals surface area contributed by atoms with E-state index in [1.807, 2.05) is 49.2 Å². The first-order valence-electron chi connectivity index (χ1n) is 10.2. The number of para-hydroxylation sites is 2. The molecular weight excluding hydrogens is 405 g/mol. The van der Waals surface area contributed by atoms with Gasteiger partial charge in [-0.25, -0.2) is 9.38 Å². The van der Waals surface area contributed by atoms with Crippen LogP contribution in [0.5, 0.6) is 0 Å². The van der Waals surface area contributed by atoms with E-state index in [1.54, 1.807) is 24.3 Å². The van der Waals surface area contributed by atoms with E-state index in [2.05, 4.69) is 34.4 Å². The molecule has 0 aliphatic carbocycles. The first kappa shape index (κ1) is 24.4. The van der Waals surface area contributed by atoms with Crippen LogP contribution < -0.4 is 16.4 Å². The van der Waals surface area contributed by atoms with Crippen molar-refractivity contribution in [2.75, 3.05) is 24.6 Å². The zero-order chi connectivity index (χ0) is 23.3. The van der Waals surface area contributed by atoms with Crippen LogP contribution in [-0.4, -0.2) is 30.9 Å². The van der Waals surface area contributed by atoms with Crippen LogP contribution in [0.15, 0.2) is 84.0 Å². The summed E-state index contributed by atoms with van der Waals surface area (Å²) in [6.45, 7) is 6.87. The van der Waals surface area contributed by atoms with Gasteiger partial charge in [-0.3, -0.25) is 4.79 Å². The van der Waals surface area contributed by atoms with Crippen LogP contribution >= 0.6 is 0 Å². The summed E-state index contributed by atoms with van der Waals surface area (Å²) in [6, 6.07) is 12.3. The normalized spacial score (nSPS) is 15.5. The quantitative estimate of drug-likeness (QED) is 0.378. The number of nitrogens with one attached hydrogen (secondary N) is 2. The lowest BCUT2D eigenvalue weighted by molar-refractivity contribution is -0.105. The van der Waals surface area contributed by atoms with E-state index in [4.69, 9.17) is 5.73 Å². The summed E-state index contributed by atoms with van der Waals surface area (Å²) < 4.78 is 13.9. The van der Waals surface area contributed by atoms with Gasteiger partial charge in [0, 0.05) is 24.9 Å². The molecule has 4 N–H and O–H groups in total. The van der Waals surface area contributed by atoms with E-state index in [9.17, 15) is 9.18 Å². The first-order valence-corrected chi connectivity index (χ1v) is 10.2. The van der Waals surface area contributed by atoms with E-state index in [-0.39, 0.29) is 5.82 Å². The molecule has 1 amide bonds. The highest BCUT2D eigenvalue weighted by molar-refractivity contribution is 5.82. The zero-order valence-corrected chi connectivity index (χ0v) is 18.5.